The second-order valence-electron chi connectivity index (χ2n) is 4.48. The Kier molecular flexibility index (Phi) is 5.59. The summed E-state index contributed by atoms with van der Waals surface area (Å²) in [5, 5.41) is 14.6. The number of nitro groups is 1. The number of non-ortho nitro benzene ring substituents is 1. The van der Waals surface area contributed by atoms with E-state index in [0.29, 0.717) is 5.75 Å². The standard InChI is InChI=1S/C15H14N4O3S/c16-15(23)18-17-9-12-3-1-2-4-14(12)22-10-11-5-7-13(8-6-11)19(20)21/h1-9H,10H2,(H3,16,18,23)/b17-9-. The lowest BCUT2D eigenvalue weighted by atomic mass is 10.2. The number of hydrogen-bond donors (Lipinski definition) is 2. The lowest BCUT2D eigenvalue weighted by Crippen LogP contribution is -2.24. The molecule has 118 valence electrons. The summed E-state index contributed by atoms with van der Waals surface area (Å²) in [6.45, 7) is 0.283. The summed E-state index contributed by atoms with van der Waals surface area (Å²) >= 11 is 4.66. The van der Waals surface area contributed by atoms with Crippen LogP contribution in [0.25, 0.3) is 0 Å². The quantitative estimate of drug-likeness (QED) is 0.365. The largest absolute Gasteiger partial charge is 0.488 e. The van der Waals surface area contributed by atoms with Gasteiger partial charge in [0.25, 0.3) is 5.69 Å². The molecule has 0 aliphatic heterocycles. The van der Waals surface area contributed by atoms with Gasteiger partial charge in [-0.3, -0.25) is 15.5 Å². The second kappa shape index (κ2) is 7.85. The summed E-state index contributed by atoms with van der Waals surface area (Å²) in [6, 6.07) is 13.5. The van der Waals surface area contributed by atoms with Gasteiger partial charge in [-0.15, -0.1) is 0 Å². The molecular formula is C15H14N4O3S. The first-order chi connectivity index (χ1) is 11.1. The Bertz CT molecular complexity index is 732. The topological polar surface area (TPSA) is 103 Å². The predicted octanol–water partition coefficient (Wildman–Crippen LogP) is 2.34. The van der Waals surface area contributed by atoms with E-state index in [4.69, 9.17) is 10.5 Å². The number of nitrogens with one attached hydrogen (secondary N) is 1. The van der Waals surface area contributed by atoms with Crippen LogP contribution < -0.4 is 15.9 Å². The molecule has 23 heavy (non-hydrogen) atoms. The van der Waals surface area contributed by atoms with Gasteiger partial charge in [0, 0.05) is 17.7 Å². The smallest absolute Gasteiger partial charge is 0.269 e. The lowest BCUT2D eigenvalue weighted by molar-refractivity contribution is -0.384. The summed E-state index contributed by atoms with van der Waals surface area (Å²) < 4.78 is 5.73. The number of hydrazone groups is 1. The third-order valence-corrected chi connectivity index (χ3v) is 2.93. The van der Waals surface area contributed by atoms with E-state index in [-0.39, 0.29) is 17.4 Å². The normalized spacial score (nSPS) is 10.4. The van der Waals surface area contributed by atoms with Gasteiger partial charge in [-0.05, 0) is 42.0 Å². The average Bonchev–Trinajstić information content (AvgIpc) is 2.54. The molecule has 8 heteroatoms. The minimum Gasteiger partial charge on any atom is -0.488 e. The van der Waals surface area contributed by atoms with E-state index in [0.717, 1.165) is 11.1 Å². The number of nitro benzene ring substituents is 1. The maximum Gasteiger partial charge on any atom is 0.269 e. The molecule has 0 radical (unpaired) electrons. The summed E-state index contributed by atoms with van der Waals surface area (Å²) in [4.78, 5) is 10.2. The van der Waals surface area contributed by atoms with Crippen LogP contribution in [0.2, 0.25) is 0 Å². The molecule has 0 bridgehead atoms. The van der Waals surface area contributed by atoms with Crippen molar-refractivity contribution in [3.05, 3.63) is 69.8 Å². The second-order valence-corrected chi connectivity index (χ2v) is 4.92. The number of nitrogens with two attached hydrogens (primary N) is 1. The van der Waals surface area contributed by atoms with Gasteiger partial charge in [-0.2, -0.15) is 5.10 Å². The number of rotatable bonds is 6. The molecule has 2 aromatic carbocycles. The SMILES string of the molecule is NC(=S)N/N=C\c1ccccc1OCc1ccc([N+](=O)[O-])cc1. The van der Waals surface area contributed by atoms with Crippen molar-refractivity contribution in [3.63, 3.8) is 0 Å². The highest BCUT2D eigenvalue weighted by atomic mass is 32.1. The van der Waals surface area contributed by atoms with Crippen LogP contribution in [-0.4, -0.2) is 16.3 Å². The van der Waals surface area contributed by atoms with Gasteiger partial charge >= 0.3 is 0 Å². The molecule has 0 heterocycles. The van der Waals surface area contributed by atoms with Gasteiger partial charge in [0.2, 0.25) is 0 Å². The number of para-hydroxylation sites is 1. The highest BCUT2D eigenvalue weighted by Crippen LogP contribution is 2.18. The Morgan fingerprint density at radius 2 is 2.00 bits per heavy atom. The van der Waals surface area contributed by atoms with Crippen molar-refractivity contribution >= 4 is 29.2 Å². The fraction of sp³-hybridized carbons (Fsp3) is 0.0667. The molecule has 0 fully saturated rings. The van der Waals surface area contributed by atoms with Gasteiger partial charge in [0.1, 0.15) is 12.4 Å². The van der Waals surface area contributed by atoms with Crippen LogP contribution in [0.1, 0.15) is 11.1 Å². The zero-order valence-electron chi connectivity index (χ0n) is 12.0. The third kappa shape index (κ3) is 5.04. The molecule has 0 saturated heterocycles. The first-order valence-corrected chi connectivity index (χ1v) is 7.01. The Labute approximate surface area is 137 Å². The molecule has 0 amide bonds. The summed E-state index contributed by atoms with van der Waals surface area (Å²) in [5.74, 6) is 0.624. The fourth-order valence-corrected chi connectivity index (χ4v) is 1.81. The number of benzene rings is 2. The highest BCUT2D eigenvalue weighted by Gasteiger charge is 2.05. The van der Waals surface area contributed by atoms with Crippen LogP contribution in [0.5, 0.6) is 5.75 Å². The van der Waals surface area contributed by atoms with E-state index in [2.05, 4.69) is 22.7 Å². The Balaban J connectivity index is 2.04. The van der Waals surface area contributed by atoms with Crippen LogP contribution in [0.15, 0.2) is 53.6 Å². The molecule has 0 saturated carbocycles. The molecular weight excluding hydrogens is 316 g/mol. The summed E-state index contributed by atoms with van der Waals surface area (Å²) in [7, 11) is 0. The summed E-state index contributed by atoms with van der Waals surface area (Å²) in [5.41, 5.74) is 9.38. The molecule has 7 nitrogen and oxygen atoms in total. The predicted molar refractivity (Wildman–Crippen MR) is 91.4 cm³/mol. The minimum atomic E-state index is -0.439. The van der Waals surface area contributed by atoms with Crippen LogP contribution in [0, 0.1) is 10.1 Å². The van der Waals surface area contributed by atoms with Crippen molar-refractivity contribution in [1.82, 2.24) is 5.43 Å². The maximum absolute atomic E-state index is 10.6. The van der Waals surface area contributed by atoms with Crippen molar-refractivity contribution in [2.24, 2.45) is 10.8 Å². The number of ether oxygens (including phenoxy) is 1. The zero-order chi connectivity index (χ0) is 16.7. The van der Waals surface area contributed by atoms with Crippen LogP contribution in [0.4, 0.5) is 5.69 Å². The molecule has 0 atom stereocenters. The molecule has 0 unspecified atom stereocenters. The molecule has 0 aliphatic carbocycles. The Hall–Kier alpha value is -3.00. The number of nitrogens with zero attached hydrogens (tertiary/aromatic N) is 2. The van der Waals surface area contributed by atoms with E-state index in [1.165, 1.54) is 12.1 Å². The van der Waals surface area contributed by atoms with E-state index in [1.54, 1.807) is 24.4 Å². The van der Waals surface area contributed by atoms with Gasteiger partial charge in [-0.25, -0.2) is 0 Å². The molecule has 0 aromatic heterocycles. The first kappa shape index (κ1) is 16.4. The average molecular weight is 330 g/mol. The van der Waals surface area contributed by atoms with E-state index in [1.807, 2.05) is 18.2 Å². The Morgan fingerprint density at radius 3 is 2.65 bits per heavy atom. The van der Waals surface area contributed by atoms with Gasteiger partial charge in [0.05, 0.1) is 11.1 Å². The molecule has 3 N–H and O–H groups in total. The van der Waals surface area contributed by atoms with Gasteiger partial charge in [-0.1, -0.05) is 12.1 Å². The molecule has 0 aliphatic rings. The lowest BCUT2D eigenvalue weighted by Gasteiger charge is -2.09. The Morgan fingerprint density at radius 1 is 1.30 bits per heavy atom. The monoisotopic (exact) mass is 330 g/mol. The van der Waals surface area contributed by atoms with Crippen molar-refractivity contribution in [2.45, 2.75) is 6.61 Å². The molecule has 2 aromatic rings. The maximum atomic E-state index is 10.6. The van der Waals surface area contributed by atoms with Crippen LogP contribution >= 0.6 is 12.2 Å². The molecule has 2 rings (SSSR count). The fourth-order valence-electron chi connectivity index (χ4n) is 1.76. The zero-order valence-corrected chi connectivity index (χ0v) is 12.8. The number of hydrogen-bond acceptors (Lipinski definition) is 5. The van der Waals surface area contributed by atoms with Crippen molar-refractivity contribution in [3.8, 4) is 5.75 Å². The van der Waals surface area contributed by atoms with Crippen LogP contribution in [0.3, 0.4) is 0 Å². The van der Waals surface area contributed by atoms with E-state index < -0.39 is 4.92 Å². The minimum absolute atomic E-state index is 0.0464. The third-order valence-electron chi connectivity index (χ3n) is 2.84. The number of thiocarbonyl (C=S) groups is 1. The van der Waals surface area contributed by atoms with Gasteiger partial charge < -0.3 is 10.5 Å². The highest BCUT2D eigenvalue weighted by molar-refractivity contribution is 7.80. The summed E-state index contributed by atoms with van der Waals surface area (Å²) in [6.07, 6.45) is 1.55. The first-order valence-electron chi connectivity index (χ1n) is 6.60. The van der Waals surface area contributed by atoms with Crippen molar-refractivity contribution in [1.29, 1.82) is 0 Å². The van der Waals surface area contributed by atoms with Crippen LogP contribution in [-0.2, 0) is 6.61 Å². The van der Waals surface area contributed by atoms with Crippen molar-refractivity contribution < 1.29 is 9.66 Å². The van der Waals surface area contributed by atoms with Gasteiger partial charge in [0.15, 0.2) is 5.11 Å². The van der Waals surface area contributed by atoms with Crippen molar-refractivity contribution in [2.75, 3.05) is 0 Å². The van der Waals surface area contributed by atoms with E-state index in [9.17, 15) is 10.1 Å². The van der Waals surface area contributed by atoms with E-state index >= 15 is 0 Å². The molecule has 0 spiro atoms.